The first-order chi connectivity index (χ1) is 8.36. The first-order valence-electron chi connectivity index (χ1n) is 6.34. The number of hydrogen-bond acceptors (Lipinski definition) is 3. The molecule has 0 spiro atoms. The average molecular weight is 237 g/mol. The molecule has 0 heterocycles. The number of nitrogens with one attached hydrogen (secondary N) is 1. The lowest BCUT2D eigenvalue weighted by Crippen LogP contribution is -2.18. The smallest absolute Gasteiger partial charge is 0.119 e. The van der Waals surface area contributed by atoms with E-state index in [1.165, 1.54) is 12.8 Å². The van der Waals surface area contributed by atoms with Crippen LogP contribution in [0.15, 0.2) is 24.3 Å². The average Bonchev–Trinajstić information content (AvgIpc) is 2.38. The summed E-state index contributed by atoms with van der Waals surface area (Å²) in [6, 6.07) is 7.69. The number of hydrogen-bond donors (Lipinski definition) is 1. The minimum absolute atomic E-state index is 0.755. The van der Waals surface area contributed by atoms with Gasteiger partial charge in [-0.15, -0.1) is 0 Å². The lowest BCUT2D eigenvalue weighted by atomic mass is 10.3. The summed E-state index contributed by atoms with van der Waals surface area (Å²) in [5, 5.41) is 3.39. The van der Waals surface area contributed by atoms with Gasteiger partial charge >= 0.3 is 0 Å². The van der Waals surface area contributed by atoms with E-state index < -0.39 is 0 Å². The van der Waals surface area contributed by atoms with E-state index >= 15 is 0 Å². The molecule has 96 valence electrons. The maximum atomic E-state index is 5.62. The minimum Gasteiger partial charge on any atom is -0.497 e. The quantitative estimate of drug-likeness (QED) is 0.670. The molecule has 0 atom stereocenters. The molecular formula is C14H23NO2. The maximum Gasteiger partial charge on any atom is 0.119 e. The van der Waals surface area contributed by atoms with Gasteiger partial charge in [0, 0.05) is 0 Å². The number of ether oxygens (including phenoxy) is 2. The predicted octanol–water partition coefficient (Wildman–Crippen LogP) is 2.85. The Labute approximate surface area is 104 Å². The summed E-state index contributed by atoms with van der Waals surface area (Å²) in [4.78, 5) is 0. The third kappa shape index (κ3) is 6.17. The molecule has 3 nitrogen and oxygen atoms in total. The molecule has 0 saturated carbocycles. The highest BCUT2D eigenvalue weighted by Crippen LogP contribution is 2.16. The predicted molar refractivity (Wildman–Crippen MR) is 70.9 cm³/mol. The van der Waals surface area contributed by atoms with Gasteiger partial charge in [0.15, 0.2) is 0 Å². The van der Waals surface area contributed by atoms with Gasteiger partial charge in [0.2, 0.25) is 0 Å². The molecule has 1 aromatic rings. The Kier molecular flexibility index (Phi) is 7.23. The van der Waals surface area contributed by atoms with Crippen LogP contribution in [0.4, 0.5) is 0 Å². The Morgan fingerprint density at radius 3 is 2.29 bits per heavy atom. The molecule has 0 aliphatic heterocycles. The van der Waals surface area contributed by atoms with E-state index in [0.29, 0.717) is 0 Å². The topological polar surface area (TPSA) is 30.5 Å². The van der Waals surface area contributed by atoms with Crippen LogP contribution < -0.4 is 14.8 Å². The second-order valence-corrected chi connectivity index (χ2v) is 3.98. The maximum absolute atomic E-state index is 5.62. The summed E-state index contributed by atoms with van der Waals surface area (Å²) >= 11 is 0. The number of methoxy groups -OCH3 is 1. The molecule has 0 unspecified atom stereocenters. The van der Waals surface area contributed by atoms with Gasteiger partial charge in [-0.3, -0.25) is 0 Å². The van der Waals surface area contributed by atoms with Gasteiger partial charge in [-0.05, 0) is 50.2 Å². The number of unbranched alkanes of at least 4 members (excludes halogenated alkanes) is 1. The second kappa shape index (κ2) is 8.88. The summed E-state index contributed by atoms with van der Waals surface area (Å²) < 4.78 is 10.7. The molecule has 0 fully saturated rings. The van der Waals surface area contributed by atoms with Gasteiger partial charge < -0.3 is 14.8 Å². The highest BCUT2D eigenvalue weighted by Gasteiger charge is 1.95. The van der Waals surface area contributed by atoms with Gasteiger partial charge in [-0.1, -0.05) is 13.3 Å². The van der Waals surface area contributed by atoms with Crippen LogP contribution in [-0.2, 0) is 0 Å². The van der Waals surface area contributed by atoms with Crippen LogP contribution in [0, 0.1) is 0 Å². The largest absolute Gasteiger partial charge is 0.497 e. The first-order valence-corrected chi connectivity index (χ1v) is 6.34. The lowest BCUT2D eigenvalue weighted by Gasteiger charge is -2.07. The molecule has 0 amide bonds. The van der Waals surface area contributed by atoms with E-state index in [0.717, 1.165) is 37.6 Å². The monoisotopic (exact) mass is 237 g/mol. The van der Waals surface area contributed by atoms with E-state index in [2.05, 4.69) is 12.2 Å². The van der Waals surface area contributed by atoms with Crippen LogP contribution in [0.1, 0.15) is 26.2 Å². The van der Waals surface area contributed by atoms with Gasteiger partial charge in [-0.2, -0.15) is 0 Å². The van der Waals surface area contributed by atoms with Gasteiger partial charge in [0.25, 0.3) is 0 Å². The van der Waals surface area contributed by atoms with Crippen LogP contribution >= 0.6 is 0 Å². The zero-order valence-corrected chi connectivity index (χ0v) is 10.9. The molecule has 0 radical (unpaired) electrons. The van der Waals surface area contributed by atoms with E-state index in [9.17, 15) is 0 Å². The van der Waals surface area contributed by atoms with E-state index in [-0.39, 0.29) is 0 Å². The van der Waals surface area contributed by atoms with Crippen molar-refractivity contribution in [3.63, 3.8) is 0 Å². The van der Waals surface area contributed by atoms with Crippen LogP contribution in [-0.4, -0.2) is 26.8 Å². The third-order valence-electron chi connectivity index (χ3n) is 2.53. The molecular weight excluding hydrogens is 214 g/mol. The Morgan fingerprint density at radius 2 is 1.65 bits per heavy atom. The Morgan fingerprint density at radius 1 is 1.00 bits per heavy atom. The lowest BCUT2D eigenvalue weighted by molar-refractivity contribution is 0.307. The molecule has 0 bridgehead atoms. The van der Waals surface area contributed by atoms with Gasteiger partial charge in [0.05, 0.1) is 13.7 Å². The van der Waals surface area contributed by atoms with Crippen molar-refractivity contribution in [2.75, 3.05) is 26.8 Å². The van der Waals surface area contributed by atoms with Crippen LogP contribution in [0.5, 0.6) is 11.5 Å². The second-order valence-electron chi connectivity index (χ2n) is 3.98. The standard InChI is InChI=1S/C14H23NO2/c1-3-4-10-15-11-5-12-17-14-8-6-13(16-2)7-9-14/h6-9,15H,3-5,10-12H2,1-2H3. The summed E-state index contributed by atoms with van der Waals surface area (Å²) in [6.07, 6.45) is 3.53. The van der Waals surface area contributed by atoms with Gasteiger partial charge in [-0.25, -0.2) is 0 Å². The van der Waals surface area contributed by atoms with Crippen LogP contribution in [0.2, 0.25) is 0 Å². The summed E-state index contributed by atoms with van der Waals surface area (Å²) in [7, 11) is 1.66. The summed E-state index contributed by atoms with van der Waals surface area (Å²) in [5.74, 6) is 1.76. The Bertz CT molecular complexity index is 285. The van der Waals surface area contributed by atoms with Crippen molar-refractivity contribution in [2.24, 2.45) is 0 Å². The van der Waals surface area contributed by atoms with Crippen molar-refractivity contribution >= 4 is 0 Å². The summed E-state index contributed by atoms with van der Waals surface area (Å²) in [6.45, 7) is 5.09. The molecule has 0 saturated heterocycles. The van der Waals surface area contributed by atoms with Gasteiger partial charge in [0.1, 0.15) is 11.5 Å². The highest BCUT2D eigenvalue weighted by atomic mass is 16.5. The van der Waals surface area contributed by atoms with Crippen molar-refractivity contribution in [3.8, 4) is 11.5 Å². The SMILES string of the molecule is CCCCNCCCOc1ccc(OC)cc1. The summed E-state index contributed by atoms with van der Waals surface area (Å²) in [5.41, 5.74) is 0. The van der Waals surface area contributed by atoms with Crippen molar-refractivity contribution in [2.45, 2.75) is 26.2 Å². The van der Waals surface area contributed by atoms with Crippen LogP contribution in [0.25, 0.3) is 0 Å². The normalized spacial score (nSPS) is 10.2. The van der Waals surface area contributed by atoms with E-state index in [4.69, 9.17) is 9.47 Å². The fourth-order valence-corrected chi connectivity index (χ4v) is 1.49. The molecule has 0 aliphatic carbocycles. The fraction of sp³-hybridized carbons (Fsp3) is 0.571. The molecule has 1 rings (SSSR count). The highest BCUT2D eigenvalue weighted by molar-refractivity contribution is 5.31. The van der Waals surface area contributed by atoms with E-state index in [1.54, 1.807) is 7.11 Å². The number of rotatable bonds is 9. The molecule has 0 aromatic heterocycles. The molecule has 3 heteroatoms. The molecule has 0 aliphatic rings. The van der Waals surface area contributed by atoms with E-state index in [1.807, 2.05) is 24.3 Å². The minimum atomic E-state index is 0.755. The number of benzene rings is 1. The van der Waals surface area contributed by atoms with Crippen molar-refractivity contribution in [1.82, 2.24) is 5.32 Å². The zero-order valence-electron chi connectivity index (χ0n) is 10.9. The van der Waals surface area contributed by atoms with Crippen molar-refractivity contribution in [1.29, 1.82) is 0 Å². The van der Waals surface area contributed by atoms with Crippen LogP contribution in [0.3, 0.4) is 0 Å². The van der Waals surface area contributed by atoms with Crippen molar-refractivity contribution in [3.05, 3.63) is 24.3 Å². The molecule has 1 N–H and O–H groups in total. The zero-order chi connectivity index (χ0) is 12.3. The first kappa shape index (κ1) is 13.8. The Hall–Kier alpha value is -1.22. The third-order valence-corrected chi connectivity index (χ3v) is 2.53. The fourth-order valence-electron chi connectivity index (χ4n) is 1.49. The molecule has 17 heavy (non-hydrogen) atoms. The Balaban J connectivity index is 2.05. The molecule has 1 aromatic carbocycles. The van der Waals surface area contributed by atoms with Crippen molar-refractivity contribution < 1.29 is 9.47 Å².